The molecule has 1 amide bonds. The summed E-state index contributed by atoms with van der Waals surface area (Å²) in [6, 6.07) is 10.9. The molecule has 0 aliphatic heterocycles. The second-order valence-electron chi connectivity index (χ2n) is 5.69. The molecule has 0 bridgehead atoms. The SMILES string of the molecule is CCC(CNC(=O)c1cccnc1SC(F)(F)F)(C(=O)O)c1ccccc1. The van der Waals surface area contributed by atoms with Gasteiger partial charge in [0, 0.05) is 24.5 Å². The van der Waals surface area contributed by atoms with Gasteiger partial charge < -0.3 is 10.4 Å². The fraction of sp³-hybridized carbons (Fsp3) is 0.278. The second-order valence-corrected chi connectivity index (χ2v) is 6.75. The Morgan fingerprint density at radius 1 is 1.15 bits per heavy atom. The van der Waals surface area contributed by atoms with Crippen LogP contribution in [0, 0.1) is 0 Å². The van der Waals surface area contributed by atoms with E-state index in [1.165, 1.54) is 12.1 Å². The first-order chi connectivity index (χ1) is 12.7. The van der Waals surface area contributed by atoms with Crippen molar-refractivity contribution in [2.45, 2.75) is 29.3 Å². The van der Waals surface area contributed by atoms with Crippen LogP contribution < -0.4 is 5.32 Å². The number of nitrogens with one attached hydrogen (secondary N) is 1. The monoisotopic (exact) mass is 398 g/mol. The van der Waals surface area contributed by atoms with E-state index in [4.69, 9.17) is 0 Å². The number of hydrogen-bond acceptors (Lipinski definition) is 4. The van der Waals surface area contributed by atoms with E-state index in [1.54, 1.807) is 37.3 Å². The molecule has 0 aliphatic carbocycles. The summed E-state index contributed by atoms with van der Waals surface area (Å²) in [5.41, 5.74) is -5.75. The number of aliphatic carboxylic acids is 1. The number of carboxylic acids is 1. The number of pyridine rings is 1. The van der Waals surface area contributed by atoms with Crippen LogP contribution in [0.25, 0.3) is 0 Å². The van der Waals surface area contributed by atoms with E-state index in [0.29, 0.717) is 5.56 Å². The minimum Gasteiger partial charge on any atom is -0.481 e. The van der Waals surface area contributed by atoms with Gasteiger partial charge in [0.05, 0.1) is 5.56 Å². The summed E-state index contributed by atoms with van der Waals surface area (Å²) in [5.74, 6) is -1.95. The largest absolute Gasteiger partial charge is 0.481 e. The molecule has 5 nitrogen and oxygen atoms in total. The number of carboxylic acid groups (broad SMARTS) is 1. The van der Waals surface area contributed by atoms with Crippen molar-refractivity contribution >= 4 is 23.6 Å². The van der Waals surface area contributed by atoms with Crippen LogP contribution in [0.1, 0.15) is 29.3 Å². The summed E-state index contributed by atoms with van der Waals surface area (Å²) in [5, 5.41) is 11.7. The van der Waals surface area contributed by atoms with E-state index < -0.39 is 39.6 Å². The summed E-state index contributed by atoms with van der Waals surface area (Å²) >= 11 is -0.491. The van der Waals surface area contributed by atoms with Gasteiger partial charge in [-0.1, -0.05) is 37.3 Å². The Morgan fingerprint density at radius 2 is 1.81 bits per heavy atom. The number of hydrogen-bond donors (Lipinski definition) is 2. The molecule has 0 saturated heterocycles. The van der Waals surface area contributed by atoms with Crippen LogP contribution in [0.15, 0.2) is 53.7 Å². The van der Waals surface area contributed by atoms with Gasteiger partial charge in [-0.15, -0.1) is 0 Å². The number of rotatable bonds is 7. The van der Waals surface area contributed by atoms with E-state index in [-0.39, 0.29) is 18.5 Å². The van der Waals surface area contributed by atoms with Crippen molar-refractivity contribution in [2.24, 2.45) is 0 Å². The zero-order valence-electron chi connectivity index (χ0n) is 14.3. The Bertz CT molecular complexity index is 815. The molecule has 0 spiro atoms. The number of thioether (sulfide) groups is 1. The minimum atomic E-state index is -4.60. The lowest BCUT2D eigenvalue weighted by molar-refractivity contribution is -0.143. The first kappa shape index (κ1) is 20.8. The van der Waals surface area contributed by atoms with Gasteiger partial charge in [0.2, 0.25) is 0 Å². The Labute approximate surface area is 158 Å². The number of carbonyl (C=O) groups excluding carboxylic acids is 1. The normalized spacial score (nSPS) is 13.6. The average molecular weight is 398 g/mol. The van der Waals surface area contributed by atoms with Crippen molar-refractivity contribution in [3.63, 3.8) is 0 Å². The summed E-state index contributed by atoms with van der Waals surface area (Å²) < 4.78 is 38.0. The lowest BCUT2D eigenvalue weighted by Crippen LogP contribution is -2.46. The van der Waals surface area contributed by atoms with Crippen molar-refractivity contribution in [2.75, 3.05) is 6.54 Å². The smallest absolute Gasteiger partial charge is 0.447 e. The standard InChI is InChI=1S/C18H17F3N2O3S/c1-2-17(16(25)26,12-7-4-3-5-8-12)11-23-14(24)13-9-6-10-22-15(13)27-18(19,20)21/h3-10H,2,11H2,1H3,(H,23,24)(H,25,26). The van der Waals surface area contributed by atoms with Crippen LogP contribution in [0.2, 0.25) is 0 Å². The van der Waals surface area contributed by atoms with Gasteiger partial charge in [-0.2, -0.15) is 13.2 Å². The maximum atomic E-state index is 12.7. The predicted molar refractivity (Wildman–Crippen MR) is 94.5 cm³/mol. The molecule has 2 rings (SSSR count). The van der Waals surface area contributed by atoms with Crippen molar-refractivity contribution in [1.82, 2.24) is 10.3 Å². The molecular weight excluding hydrogens is 381 g/mol. The zero-order valence-corrected chi connectivity index (χ0v) is 15.1. The third-order valence-corrected chi connectivity index (χ3v) is 4.87. The van der Waals surface area contributed by atoms with Gasteiger partial charge in [0.15, 0.2) is 0 Å². The molecule has 0 radical (unpaired) electrons. The molecule has 1 heterocycles. The Kier molecular flexibility index (Phi) is 6.48. The third kappa shape index (κ3) is 5.00. The van der Waals surface area contributed by atoms with E-state index in [0.717, 1.165) is 6.20 Å². The lowest BCUT2D eigenvalue weighted by atomic mass is 9.78. The number of nitrogens with zero attached hydrogens (tertiary/aromatic N) is 1. The minimum absolute atomic E-state index is 0.184. The van der Waals surface area contributed by atoms with Crippen LogP contribution in [-0.2, 0) is 10.2 Å². The van der Waals surface area contributed by atoms with Crippen LogP contribution in [0.3, 0.4) is 0 Å². The fourth-order valence-corrected chi connectivity index (χ4v) is 3.22. The molecule has 27 heavy (non-hydrogen) atoms. The quantitative estimate of drug-likeness (QED) is 0.693. The molecule has 1 aromatic heterocycles. The van der Waals surface area contributed by atoms with Gasteiger partial charge in [-0.25, -0.2) is 4.98 Å². The lowest BCUT2D eigenvalue weighted by Gasteiger charge is -2.29. The number of halogens is 3. The Balaban J connectivity index is 2.26. The van der Waals surface area contributed by atoms with Gasteiger partial charge in [-0.05, 0) is 24.1 Å². The number of aromatic nitrogens is 1. The van der Waals surface area contributed by atoms with Crippen molar-refractivity contribution < 1.29 is 27.9 Å². The highest BCUT2D eigenvalue weighted by atomic mass is 32.2. The fourth-order valence-electron chi connectivity index (χ4n) is 2.62. The van der Waals surface area contributed by atoms with Crippen LogP contribution in [-0.4, -0.2) is 34.0 Å². The third-order valence-electron chi connectivity index (χ3n) is 4.12. The number of benzene rings is 1. The highest BCUT2D eigenvalue weighted by Crippen LogP contribution is 2.37. The molecule has 1 unspecified atom stereocenters. The second kappa shape index (κ2) is 8.43. The molecule has 0 fully saturated rings. The number of amides is 1. The summed E-state index contributed by atoms with van der Waals surface area (Å²) in [6.07, 6.45) is 1.34. The Morgan fingerprint density at radius 3 is 2.37 bits per heavy atom. The highest BCUT2D eigenvalue weighted by Gasteiger charge is 2.39. The summed E-state index contributed by atoms with van der Waals surface area (Å²) in [4.78, 5) is 28.0. The molecule has 0 aliphatic rings. The topological polar surface area (TPSA) is 79.3 Å². The molecule has 144 valence electrons. The molecule has 1 atom stereocenters. The van der Waals surface area contributed by atoms with Crippen molar-refractivity contribution in [1.29, 1.82) is 0 Å². The molecular formula is C18H17F3N2O3S. The van der Waals surface area contributed by atoms with Crippen molar-refractivity contribution in [3.8, 4) is 0 Å². The number of carbonyl (C=O) groups is 2. The Hall–Kier alpha value is -2.55. The van der Waals surface area contributed by atoms with Gasteiger partial charge in [0.1, 0.15) is 10.4 Å². The first-order valence-electron chi connectivity index (χ1n) is 7.97. The molecule has 2 N–H and O–H groups in total. The van der Waals surface area contributed by atoms with Crippen molar-refractivity contribution in [3.05, 3.63) is 59.8 Å². The van der Waals surface area contributed by atoms with E-state index in [1.807, 2.05) is 0 Å². The molecule has 9 heteroatoms. The summed E-state index contributed by atoms with van der Waals surface area (Å²) in [7, 11) is 0. The van der Waals surface area contributed by atoms with Gasteiger partial charge >= 0.3 is 11.5 Å². The molecule has 2 aromatic rings. The zero-order chi connectivity index (χ0) is 20.1. The maximum Gasteiger partial charge on any atom is 0.447 e. The van der Waals surface area contributed by atoms with Gasteiger partial charge in [0.25, 0.3) is 5.91 Å². The van der Waals surface area contributed by atoms with Crippen LogP contribution in [0.5, 0.6) is 0 Å². The van der Waals surface area contributed by atoms with E-state index in [9.17, 15) is 27.9 Å². The van der Waals surface area contributed by atoms with E-state index in [2.05, 4.69) is 10.3 Å². The molecule has 0 saturated carbocycles. The predicted octanol–water partition coefficient (Wildman–Crippen LogP) is 3.86. The number of alkyl halides is 3. The van der Waals surface area contributed by atoms with Crippen LogP contribution in [0.4, 0.5) is 13.2 Å². The average Bonchev–Trinajstić information content (AvgIpc) is 2.62. The first-order valence-corrected chi connectivity index (χ1v) is 8.79. The summed E-state index contributed by atoms with van der Waals surface area (Å²) in [6.45, 7) is 1.40. The van der Waals surface area contributed by atoms with Gasteiger partial charge in [-0.3, -0.25) is 9.59 Å². The van der Waals surface area contributed by atoms with E-state index >= 15 is 0 Å². The molecule has 1 aromatic carbocycles. The highest BCUT2D eigenvalue weighted by molar-refractivity contribution is 8.00. The van der Waals surface area contributed by atoms with Crippen LogP contribution >= 0.6 is 11.8 Å². The maximum absolute atomic E-state index is 12.7.